The number of piperidine rings is 1. The predicted octanol–water partition coefficient (Wildman–Crippen LogP) is 3.82. The molecule has 0 saturated carbocycles. The highest BCUT2D eigenvalue weighted by molar-refractivity contribution is 5.97. The number of nitrogens with zero attached hydrogens (tertiary/aromatic N) is 3. The van der Waals surface area contributed by atoms with Crippen LogP contribution in [0.4, 0.5) is 5.82 Å². The summed E-state index contributed by atoms with van der Waals surface area (Å²) in [6.45, 7) is 2.56. The maximum atomic E-state index is 6.10. The number of furan rings is 1. The second-order valence-corrected chi connectivity index (χ2v) is 7.64. The van der Waals surface area contributed by atoms with E-state index in [0.29, 0.717) is 29.8 Å². The quantitative estimate of drug-likeness (QED) is 0.509. The first-order valence-corrected chi connectivity index (χ1v) is 10.4. The van der Waals surface area contributed by atoms with Gasteiger partial charge in [-0.05, 0) is 31.5 Å². The molecule has 7 nitrogen and oxygen atoms in total. The molecule has 1 aliphatic heterocycles. The number of anilines is 1. The maximum absolute atomic E-state index is 6.10. The Morgan fingerprint density at radius 2 is 2.00 bits per heavy atom. The minimum atomic E-state index is 0.335. The van der Waals surface area contributed by atoms with Gasteiger partial charge >= 0.3 is 0 Å². The highest BCUT2D eigenvalue weighted by atomic mass is 16.5. The fourth-order valence-electron chi connectivity index (χ4n) is 4.01. The molecule has 0 amide bonds. The van der Waals surface area contributed by atoms with Crippen LogP contribution in [0.3, 0.4) is 0 Å². The maximum Gasteiger partial charge on any atom is 0.205 e. The Balaban J connectivity index is 1.39. The lowest BCUT2D eigenvalue weighted by Gasteiger charge is -2.22. The van der Waals surface area contributed by atoms with Crippen molar-refractivity contribution in [3.05, 3.63) is 60.7 Å². The Hall–Kier alpha value is -3.32. The van der Waals surface area contributed by atoms with Crippen LogP contribution < -0.4 is 15.8 Å². The highest BCUT2D eigenvalue weighted by Gasteiger charge is 2.20. The summed E-state index contributed by atoms with van der Waals surface area (Å²) < 4.78 is 13.9. The largest absolute Gasteiger partial charge is 0.486 e. The molecule has 3 N–H and O–H groups in total. The molecule has 3 aromatic heterocycles. The SMILES string of the molecule is Nc1ncc2c(-c3cnn(C4CCNCC4)c3)coc2c1OCCc1ccccc1. The van der Waals surface area contributed by atoms with Crippen molar-refractivity contribution >= 4 is 16.8 Å². The van der Waals surface area contributed by atoms with Gasteiger partial charge in [0.05, 0.1) is 24.2 Å². The molecule has 154 valence electrons. The molecule has 0 bridgehead atoms. The van der Waals surface area contributed by atoms with E-state index in [2.05, 4.69) is 38.4 Å². The van der Waals surface area contributed by atoms with Gasteiger partial charge in [-0.1, -0.05) is 30.3 Å². The average Bonchev–Trinajstić information content (AvgIpc) is 3.44. The topological polar surface area (TPSA) is 91.1 Å². The average molecular weight is 403 g/mol. The van der Waals surface area contributed by atoms with Gasteiger partial charge in [0, 0.05) is 29.9 Å². The van der Waals surface area contributed by atoms with Crippen LogP contribution >= 0.6 is 0 Å². The van der Waals surface area contributed by atoms with Gasteiger partial charge in [-0.25, -0.2) is 4.98 Å². The number of ether oxygens (including phenoxy) is 1. The van der Waals surface area contributed by atoms with Gasteiger partial charge in [-0.15, -0.1) is 0 Å². The molecular weight excluding hydrogens is 378 g/mol. The van der Waals surface area contributed by atoms with E-state index < -0.39 is 0 Å². The van der Waals surface area contributed by atoms with Crippen molar-refractivity contribution in [1.82, 2.24) is 20.1 Å². The van der Waals surface area contributed by atoms with Gasteiger partial charge in [0.1, 0.15) is 6.26 Å². The van der Waals surface area contributed by atoms with E-state index in [1.807, 2.05) is 24.4 Å². The van der Waals surface area contributed by atoms with Crippen LogP contribution in [-0.4, -0.2) is 34.5 Å². The molecule has 1 saturated heterocycles. The summed E-state index contributed by atoms with van der Waals surface area (Å²) in [7, 11) is 0. The van der Waals surface area contributed by atoms with Crippen molar-refractivity contribution in [2.75, 3.05) is 25.4 Å². The number of rotatable bonds is 6. The molecule has 30 heavy (non-hydrogen) atoms. The summed E-state index contributed by atoms with van der Waals surface area (Å²) in [5.74, 6) is 0.835. The molecule has 1 aromatic carbocycles. The number of nitrogen functional groups attached to an aromatic ring is 1. The van der Waals surface area contributed by atoms with Crippen LogP contribution in [0.5, 0.6) is 5.75 Å². The molecule has 0 atom stereocenters. The van der Waals surface area contributed by atoms with E-state index in [-0.39, 0.29) is 0 Å². The summed E-state index contributed by atoms with van der Waals surface area (Å²) in [5.41, 5.74) is 9.89. The summed E-state index contributed by atoms with van der Waals surface area (Å²) in [6, 6.07) is 10.6. The normalized spacial score (nSPS) is 14.9. The Bertz CT molecular complexity index is 1130. The molecule has 0 spiro atoms. The zero-order valence-corrected chi connectivity index (χ0v) is 16.8. The standard InChI is InChI=1S/C23H25N5O2/c24-23-22(29-11-8-16-4-2-1-3-5-16)21-19(13-26-23)20(15-30-21)17-12-27-28(14-17)18-6-9-25-10-7-18/h1-5,12-15,18,25H,6-11H2,(H2,24,26). The fraction of sp³-hybridized carbons (Fsp3) is 0.304. The minimum absolute atomic E-state index is 0.335. The molecule has 5 rings (SSSR count). The number of fused-ring (bicyclic) bond motifs is 1. The van der Waals surface area contributed by atoms with Crippen molar-refractivity contribution in [2.24, 2.45) is 0 Å². The molecule has 0 unspecified atom stereocenters. The first-order chi connectivity index (χ1) is 14.8. The van der Waals surface area contributed by atoms with E-state index in [0.717, 1.165) is 48.9 Å². The number of benzene rings is 1. The fourth-order valence-corrected chi connectivity index (χ4v) is 4.01. The number of pyridine rings is 1. The zero-order valence-electron chi connectivity index (χ0n) is 16.8. The van der Waals surface area contributed by atoms with Crippen LogP contribution in [-0.2, 0) is 6.42 Å². The van der Waals surface area contributed by atoms with Gasteiger partial charge in [0.25, 0.3) is 0 Å². The van der Waals surface area contributed by atoms with E-state index in [9.17, 15) is 0 Å². The molecule has 4 heterocycles. The second kappa shape index (κ2) is 8.20. The van der Waals surface area contributed by atoms with Crippen molar-refractivity contribution in [1.29, 1.82) is 0 Å². The van der Waals surface area contributed by atoms with Gasteiger partial charge in [-0.2, -0.15) is 5.10 Å². The zero-order chi connectivity index (χ0) is 20.3. The van der Waals surface area contributed by atoms with E-state index in [4.69, 9.17) is 14.9 Å². The van der Waals surface area contributed by atoms with Crippen LogP contribution in [0.1, 0.15) is 24.4 Å². The third-order valence-corrected chi connectivity index (χ3v) is 5.68. The molecular formula is C23H25N5O2. The van der Waals surface area contributed by atoms with Crippen molar-refractivity contribution < 1.29 is 9.15 Å². The van der Waals surface area contributed by atoms with Crippen LogP contribution in [0.15, 0.2) is 59.6 Å². The van der Waals surface area contributed by atoms with E-state index >= 15 is 0 Å². The molecule has 1 aliphatic rings. The number of nitrogens with one attached hydrogen (secondary N) is 1. The molecule has 0 radical (unpaired) electrons. The Kier molecular flexibility index (Phi) is 5.11. The van der Waals surface area contributed by atoms with Gasteiger partial charge < -0.3 is 20.2 Å². The number of hydrogen-bond acceptors (Lipinski definition) is 6. The Morgan fingerprint density at radius 1 is 1.17 bits per heavy atom. The number of aromatic nitrogens is 3. The number of hydrogen-bond donors (Lipinski definition) is 2. The summed E-state index contributed by atoms with van der Waals surface area (Å²) in [4.78, 5) is 4.35. The van der Waals surface area contributed by atoms with Crippen LogP contribution in [0.25, 0.3) is 22.1 Å². The first-order valence-electron chi connectivity index (χ1n) is 10.4. The lowest BCUT2D eigenvalue weighted by atomic mass is 10.1. The summed E-state index contributed by atoms with van der Waals surface area (Å²) in [5, 5.41) is 8.87. The van der Waals surface area contributed by atoms with Crippen LogP contribution in [0, 0.1) is 0 Å². The first kappa shape index (κ1) is 18.7. The smallest absolute Gasteiger partial charge is 0.205 e. The van der Waals surface area contributed by atoms with Gasteiger partial charge in [0.2, 0.25) is 5.75 Å². The predicted molar refractivity (Wildman–Crippen MR) is 116 cm³/mol. The van der Waals surface area contributed by atoms with Gasteiger partial charge in [0.15, 0.2) is 11.4 Å². The molecule has 0 aliphatic carbocycles. The minimum Gasteiger partial charge on any atom is -0.486 e. The third-order valence-electron chi connectivity index (χ3n) is 5.68. The van der Waals surface area contributed by atoms with E-state index in [1.165, 1.54) is 5.56 Å². The van der Waals surface area contributed by atoms with Crippen LogP contribution in [0.2, 0.25) is 0 Å². The summed E-state index contributed by atoms with van der Waals surface area (Å²) >= 11 is 0. The highest BCUT2D eigenvalue weighted by Crippen LogP contribution is 2.38. The molecule has 4 aromatic rings. The summed E-state index contributed by atoms with van der Waals surface area (Å²) in [6.07, 6.45) is 10.4. The monoisotopic (exact) mass is 403 g/mol. The van der Waals surface area contributed by atoms with E-state index in [1.54, 1.807) is 12.5 Å². The second-order valence-electron chi connectivity index (χ2n) is 7.64. The van der Waals surface area contributed by atoms with Crippen molar-refractivity contribution in [3.8, 4) is 16.9 Å². The third kappa shape index (κ3) is 3.64. The Morgan fingerprint density at radius 3 is 2.83 bits per heavy atom. The lowest BCUT2D eigenvalue weighted by Crippen LogP contribution is -2.29. The Labute approximate surface area is 174 Å². The van der Waals surface area contributed by atoms with Crippen molar-refractivity contribution in [3.63, 3.8) is 0 Å². The lowest BCUT2D eigenvalue weighted by molar-refractivity contribution is 0.321. The molecule has 7 heteroatoms. The van der Waals surface area contributed by atoms with Crippen molar-refractivity contribution in [2.45, 2.75) is 25.3 Å². The van der Waals surface area contributed by atoms with Gasteiger partial charge in [-0.3, -0.25) is 4.68 Å². The molecule has 1 fully saturated rings. The number of nitrogens with two attached hydrogens (primary N) is 1.